The first-order chi connectivity index (χ1) is 8.45. The number of nitrogens with one attached hydrogen (secondary N) is 1. The Labute approximate surface area is 107 Å². The summed E-state index contributed by atoms with van der Waals surface area (Å²) in [4.78, 5) is 35.7. The number of amides is 3. The second-order valence-electron chi connectivity index (χ2n) is 4.63. The van der Waals surface area contributed by atoms with Crippen molar-refractivity contribution in [2.75, 3.05) is 6.54 Å². The van der Waals surface area contributed by atoms with Crippen LogP contribution in [0.2, 0.25) is 0 Å². The van der Waals surface area contributed by atoms with Crippen LogP contribution in [-0.2, 0) is 14.4 Å². The predicted octanol–water partition coefficient (Wildman–Crippen LogP) is 0.996. The van der Waals surface area contributed by atoms with E-state index in [1.807, 2.05) is 6.92 Å². The zero-order valence-corrected chi connectivity index (χ0v) is 11.2. The van der Waals surface area contributed by atoms with Crippen molar-refractivity contribution >= 4 is 17.7 Å². The molecule has 5 nitrogen and oxygen atoms in total. The van der Waals surface area contributed by atoms with Gasteiger partial charge in [0, 0.05) is 30.7 Å². The summed E-state index contributed by atoms with van der Waals surface area (Å²) in [6.45, 7) is 5.75. The molecule has 18 heavy (non-hydrogen) atoms. The number of nitrogens with zero attached hydrogens (tertiary/aromatic N) is 1. The summed E-state index contributed by atoms with van der Waals surface area (Å²) >= 11 is 0. The van der Waals surface area contributed by atoms with Gasteiger partial charge in [0.25, 0.3) is 11.8 Å². The summed E-state index contributed by atoms with van der Waals surface area (Å²) < 4.78 is 0. The highest BCUT2D eigenvalue weighted by Gasteiger charge is 2.28. The highest BCUT2D eigenvalue weighted by Crippen LogP contribution is 2.12. The smallest absolute Gasteiger partial charge is 0.256 e. The monoisotopic (exact) mass is 252 g/mol. The largest absolute Gasteiger partial charge is 0.354 e. The minimum absolute atomic E-state index is 0.124. The van der Waals surface area contributed by atoms with Crippen molar-refractivity contribution in [3.8, 4) is 0 Å². The van der Waals surface area contributed by atoms with Gasteiger partial charge >= 0.3 is 0 Å². The minimum Gasteiger partial charge on any atom is -0.354 e. The van der Waals surface area contributed by atoms with E-state index in [1.54, 1.807) is 6.92 Å². The summed E-state index contributed by atoms with van der Waals surface area (Å²) in [5.41, 5.74) is 0.430. The number of carbonyl (C=O) groups is 3. The molecule has 1 aliphatic rings. The van der Waals surface area contributed by atoms with Crippen LogP contribution >= 0.6 is 0 Å². The molecule has 0 spiro atoms. The fourth-order valence-corrected chi connectivity index (χ4v) is 1.92. The van der Waals surface area contributed by atoms with Crippen LogP contribution in [0.3, 0.4) is 0 Å². The number of rotatable bonds is 6. The van der Waals surface area contributed by atoms with Crippen LogP contribution in [0.4, 0.5) is 0 Å². The maximum Gasteiger partial charge on any atom is 0.256 e. The molecule has 1 atom stereocenters. The molecule has 1 N–H and O–H groups in total. The van der Waals surface area contributed by atoms with Crippen LogP contribution in [0.5, 0.6) is 0 Å². The molecule has 100 valence electrons. The molecular weight excluding hydrogens is 232 g/mol. The van der Waals surface area contributed by atoms with Gasteiger partial charge in [-0.1, -0.05) is 13.3 Å². The van der Waals surface area contributed by atoms with Crippen molar-refractivity contribution in [2.24, 2.45) is 0 Å². The molecule has 5 heteroatoms. The maximum atomic E-state index is 11.6. The molecule has 0 saturated heterocycles. The lowest BCUT2D eigenvalue weighted by Gasteiger charge is -2.16. The van der Waals surface area contributed by atoms with Gasteiger partial charge in [0.15, 0.2) is 0 Å². The fraction of sp³-hybridized carbons (Fsp3) is 0.615. The molecule has 1 heterocycles. The van der Waals surface area contributed by atoms with Crippen molar-refractivity contribution in [2.45, 2.75) is 46.1 Å². The van der Waals surface area contributed by atoms with Crippen LogP contribution in [0.25, 0.3) is 0 Å². The fourth-order valence-electron chi connectivity index (χ4n) is 1.92. The summed E-state index contributed by atoms with van der Waals surface area (Å²) in [6, 6.07) is 0.132. The standard InChI is InChI=1S/C13H20N2O3/c1-4-5-10(3)14-11(16)6-7-15-12(17)8-9(2)13(15)18/h8,10H,4-7H2,1-3H3,(H,14,16). The van der Waals surface area contributed by atoms with E-state index in [2.05, 4.69) is 12.2 Å². The van der Waals surface area contributed by atoms with Crippen molar-refractivity contribution in [1.82, 2.24) is 10.2 Å². The van der Waals surface area contributed by atoms with Crippen molar-refractivity contribution in [3.63, 3.8) is 0 Å². The maximum absolute atomic E-state index is 11.6. The number of carbonyl (C=O) groups excluding carboxylic acids is 3. The Hall–Kier alpha value is -1.65. The minimum atomic E-state index is -0.327. The highest BCUT2D eigenvalue weighted by atomic mass is 16.2. The molecule has 0 radical (unpaired) electrons. The first kappa shape index (κ1) is 14.4. The molecule has 1 aliphatic heterocycles. The summed E-state index contributed by atoms with van der Waals surface area (Å²) in [6.07, 6.45) is 3.40. The van der Waals surface area contributed by atoms with E-state index in [9.17, 15) is 14.4 Å². The third kappa shape index (κ3) is 3.68. The number of hydrogen-bond acceptors (Lipinski definition) is 3. The Balaban J connectivity index is 2.36. The molecule has 0 aromatic rings. The van der Waals surface area contributed by atoms with Crippen molar-refractivity contribution in [3.05, 3.63) is 11.6 Å². The summed E-state index contributed by atoms with van der Waals surface area (Å²) in [5.74, 6) is -0.748. The zero-order valence-electron chi connectivity index (χ0n) is 11.2. The lowest BCUT2D eigenvalue weighted by Crippen LogP contribution is -2.37. The molecule has 1 unspecified atom stereocenters. The molecular formula is C13H20N2O3. The Kier molecular flexibility index (Phi) is 5.07. The molecule has 0 fully saturated rings. The average molecular weight is 252 g/mol. The molecule has 0 saturated carbocycles. The van der Waals surface area contributed by atoms with E-state index in [1.165, 1.54) is 6.08 Å². The third-order valence-corrected chi connectivity index (χ3v) is 2.88. The van der Waals surface area contributed by atoms with Gasteiger partial charge in [0.05, 0.1) is 0 Å². The lowest BCUT2D eigenvalue weighted by atomic mass is 10.2. The molecule has 0 aromatic heterocycles. The van der Waals surface area contributed by atoms with Crippen LogP contribution in [0, 0.1) is 0 Å². The van der Waals surface area contributed by atoms with Crippen molar-refractivity contribution < 1.29 is 14.4 Å². The van der Waals surface area contributed by atoms with Crippen LogP contribution in [-0.4, -0.2) is 35.2 Å². The average Bonchev–Trinajstić information content (AvgIpc) is 2.51. The van der Waals surface area contributed by atoms with Gasteiger partial charge in [-0.05, 0) is 20.3 Å². The van der Waals surface area contributed by atoms with E-state index in [4.69, 9.17) is 0 Å². The van der Waals surface area contributed by atoms with Gasteiger partial charge in [-0.2, -0.15) is 0 Å². The molecule has 0 aromatic carbocycles. The number of imide groups is 1. The zero-order chi connectivity index (χ0) is 13.7. The van der Waals surface area contributed by atoms with Gasteiger partial charge in [0.2, 0.25) is 5.91 Å². The van der Waals surface area contributed by atoms with Gasteiger partial charge in [0.1, 0.15) is 0 Å². The molecule has 0 aliphatic carbocycles. The van der Waals surface area contributed by atoms with Crippen LogP contribution in [0.1, 0.15) is 40.0 Å². The highest BCUT2D eigenvalue weighted by molar-refractivity contribution is 6.15. The summed E-state index contributed by atoms with van der Waals surface area (Å²) in [5, 5.41) is 2.84. The van der Waals surface area contributed by atoms with Gasteiger partial charge < -0.3 is 5.32 Å². The third-order valence-electron chi connectivity index (χ3n) is 2.88. The molecule has 0 bridgehead atoms. The van der Waals surface area contributed by atoms with E-state index < -0.39 is 0 Å². The second-order valence-corrected chi connectivity index (χ2v) is 4.63. The first-order valence-corrected chi connectivity index (χ1v) is 6.29. The van der Waals surface area contributed by atoms with Crippen LogP contribution in [0.15, 0.2) is 11.6 Å². The Bertz CT molecular complexity index is 388. The number of hydrogen-bond donors (Lipinski definition) is 1. The molecule has 3 amide bonds. The Morgan fingerprint density at radius 3 is 2.61 bits per heavy atom. The van der Waals surface area contributed by atoms with E-state index in [-0.39, 0.29) is 36.7 Å². The normalized spacial score (nSPS) is 16.8. The van der Waals surface area contributed by atoms with Crippen LogP contribution < -0.4 is 5.32 Å². The Morgan fingerprint density at radius 2 is 2.11 bits per heavy atom. The molecule has 1 rings (SSSR count). The quantitative estimate of drug-likeness (QED) is 0.717. The predicted molar refractivity (Wildman–Crippen MR) is 67.6 cm³/mol. The van der Waals surface area contributed by atoms with Crippen molar-refractivity contribution in [1.29, 1.82) is 0 Å². The SMILES string of the molecule is CCCC(C)NC(=O)CCN1C(=O)C=C(C)C1=O. The second kappa shape index (κ2) is 6.33. The summed E-state index contributed by atoms with van der Waals surface area (Å²) in [7, 11) is 0. The van der Waals surface area contributed by atoms with E-state index >= 15 is 0 Å². The van der Waals surface area contributed by atoms with E-state index in [0.29, 0.717) is 5.57 Å². The van der Waals surface area contributed by atoms with Gasteiger partial charge in [-0.25, -0.2) is 0 Å². The first-order valence-electron chi connectivity index (χ1n) is 6.29. The van der Waals surface area contributed by atoms with E-state index in [0.717, 1.165) is 17.7 Å². The lowest BCUT2D eigenvalue weighted by molar-refractivity contribution is -0.137. The van der Waals surface area contributed by atoms with Gasteiger partial charge in [-0.15, -0.1) is 0 Å². The Morgan fingerprint density at radius 1 is 1.44 bits per heavy atom. The topological polar surface area (TPSA) is 66.5 Å². The van der Waals surface area contributed by atoms with Gasteiger partial charge in [-0.3, -0.25) is 19.3 Å².